The van der Waals surface area contributed by atoms with E-state index in [9.17, 15) is 9.90 Å². The highest BCUT2D eigenvalue weighted by atomic mass is 35.5. The highest BCUT2D eigenvalue weighted by Gasteiger charge is 2.45. The van der Waals surface area contributed by atoms with Gasteiger partial charge < -0.3 is 10.2 Å². The van der Waals surface area contributed by atoms with Crippen molar-refractivity contribution in [1.29, 1.82) is 0 Å². The molecule has 0 saturated carbocycles. The molecule has 1 aliphatic heterocycles. The van der Waals surface area contributed by atoms with Gasteiger partial charge in [0.1, 0.15) is 0 Å². The largest absolute Gasteiger partial charge is 0.478 e. The summed E-state index contributed by atoms with van der Waals surface area (Å²) in [6, 6.07) is 0. The highest BCUT2D eigenvalue weighted by Crippen LogP contribution is 2.28. The Morgan fingerprint density at radius 3 is 2.50 bits per heavy atom. The van der Waals surface area contributed by atoms with Crippen LogP contribution in [0.25, 0.3) is 0 Å². The van der Waals surface area contributed by atoms with E-state index in [1.54, 1.807) is 0 Å². The molecule has 5 heteroatoms. The molecule has 1 aliphatic rings. The summed E-state index contributed by atoms with van der Waals surface area (Å²) in [5, 5.41) is 17.7. The average molecular weight is 166 g/mol. The summed E-state index contributed by atoms with van der Waals surface area (Å²) in [4.78, 5) is 10.4. The maximum atomic E-state index is 10.4. The maximum absolute atomic E-state index is 10.4. The minimum Gasteiger partial charge on any atom is -0.478 e. The maximum Gasteiger partial charge on any atom is 0.352 e. The number of rotatable bonds is 1. The van der Waals surface area contributed by atoms with E-state index in [0.29, 0.717) is 13.0 Å². The third-order valence-electron chi connectivity index (χ3n) is 1.62. The van der Waals surface area contributed by atoms with Gasteiger partial charge in [0, 0.05) is 13.0 Å². The van der Waals surface area contributed by atoms with Crippen LogP contribution < -0.4 is 0 Å². The first-order valence-corrected chi connectivity index (χ1v) is 3.30. The summed E-state index contributed by atoms with van der Waals surface area (Å²) < 4.78 is 0.926. The van der Waals surface area contributed by atoms with Gasteiger partial charge in [0.15, 0.2) is 0 Å². The number of nitrogens with zero attached hydrogens (tertiary/aromatic N) is 1. The molecule has 0 spiro atoms. The number of carbonyl (C=O) groups is 1. The third-order valence-corrected chi connectivity index (χ3v) is 2.07. The molecule has 1 rings (SSSR count). The van der Waals surface area contributed by atoms with Crippen LogP contribution in [0.4, 0.5) is 0 Å². The summed E-state index contributed by atoms with van der Waals surface area (Å²) in [6.07, 6.45) is 0.818. The molecule has 0 bridgehead atoms. The van der Waals surface area contributed by atoms with Crippen LogP contribution in [0.5, 0.6) is 0 Å². The number of hydrogen-bond acceptors (Lipinski definition) is 3. The molecule has 1 fully saturated rings. The van der Waals surface area contributed by atoms with Crippen LogP contribution in [-0.4, -0.2) is 32.9 Å². The van der Waals surface area contributed by atoms with Crippen molar-refractivity contribution < 1.29 is 15.0 Å². The summed E-state index contributed by atoms with van der Waals surface area (Å²) in [7, 11) is 0. The van der Waals surface area contributed by atoms with Gasteiger partial charge in [-0.05, 0) is 18.2 Å². The Hall–Kier alpha value is -0.320. The number of aliphatic carboxylic acids is 1. The van der Waals surface area contributed by atoms with E-state index >= 15 is 0 Å². The van der Waals surface area contributed by atoms with Crippen molar-refractivity contribution >= 4 is 17.7 Å². The number of carboxylic acid groups (broad SMARTS) is 1. The van der Waals surface area contributed by atoms with E-state index in [4.69, 9.17) is 16.9 Å². The number of aliphatic hydroxyl groups is 1. The third kappa shape index (κ3) is 0.982. The summed E-state index contributed by atoms with van der Waals surface area (Å²) in [5.41, 5.74) is -1.83. The van der Waals surface area contributed by atoms with Crippen LogP contribution in [0.15, 0.2) is 0 Å². The van der Waals surface area contributed by atoms with Gasteiger partial charge in [-0.2, -0.15) is 4.42 Å². The van der Waals surface area contributed by atoms with Crippen molar-refractivity contribution in [2.24, 2.45) is 0 Å². The van der Waals surface area contributed by atoms with Crippen LogP contribution in [0.2, 0.25) is 0 Å². The predicted molar refractivity (Wildman–Crippen MR) is 34.4 cm³/mol. The Kier molecular flexibility index (Phi) is 1.85. The van der Waals surface area contributed by atoms with E-state index in [1.165, 1.54) is 0 Å². The zero-order valence-corrected chi connectivity index (χ0v) is 6.01. The van der Waals surface area contributed by atoms with Crippen LogP contribution in [-0.2, 0) is 4.79 Å². The van der Waals surface area contributed by atoms with E-state index < -0.39 is 11.7 Å². The molecule has 10 heavy (non-hydrogen) atoms. The lowest BCUT2D eigenvalue weighted by molar-refractivity contribution is -0.168. The van der Waals surface area contributed by atoms with Crippen molar-refractivity contribution in [2.45, 2.75) is 18.6 Å². The van der Waals surface area contributed by atoms with E-state index in [0.717, 1.165) is 4.42 Å². The van der Waals surface area contributed by atoms with Crippen molar-refractivity contribution in [2.75, 3.05) is 6.54 Å². The summed E-state index contributed by atoms with van der Waals surface area (Å²) in [6.45, 7) is 0.421. The van der Waals surface area contributed by atoms with Crippen LogP contribution in [0.1, 0.15) is 12.8 Å². The molecular formula is C5H8ClNO3. The van der Waals surface area contributed by atoms with Gasteiger partial charge >= 0.3 is 5.97 Å². The van der Waals surface area contributed by atoms with Gasteiger partial charge in [0.2, 0.25) is 5.72 Å². The molecule has 0 aromatic heterocycles. The van der Waals surface area contributed by atoms with Crippen molar-refractivity contribution in [3.05, 3.63) is 0 Å². The molecule has 1 heterocycles. The fraction of sp³-hybridized carbons (Fsp3) is 0.800. The second-order valence-corrected chi connectivity index (χ2v) is 2.72. The molecule has 0 aromatic rings. The van der Waals surface area contributed by atoms with Crippen LogP contribution in [0, 0.1) is 0 Å². The SMILES string of the molecule is O=C(O)C1(O)CCCN1Cl. The van der Waals surface area contributed by atoms with Gasteiger partial charge in [-0.1, -0.05) is 0 Å². The molecule has 58 valence electrons. The number of carboxylic acids is 1. The molecule has 4 nitrogen and oxygen atoms in total. The second-order valence-electron chi connectivity index (χ2n) is 2.31. The molecule has 1 saturated heterocycles. The smallest absolute Gasteiger partial charge is 0.352 e. The Morgan fingerprint density at radius 2 is 2.30 bits per heavy atom. The lowest BCUT2D eigenvalue weighted by Gasteiger charge is -2.22. The topological polar surface area (TPSA) is 60.8 Å². The highest BCUT2D eigenvalue weighted by molar-refractivity contribution is 6.15. The van der Waals surface area contributed by atoms with E-state index in [-0.39, 0.29) is 6.42 Å². The minimum absolute atomic E-state index is 0.200. The lowest BCUT2D eigenvalue weighted by Crippen LogP contribution is -2.45. The quantitative estimate of drug-likeness (QED) is 0.538. The average Bonchev–Trinajstić information content (AvgIpc) is 2.15. The Balaban J connectivity index is 2.75. The molecule has 0 amide bonds. The van der Waals surface area contributed by atoms with Gasteiger partial charge in [-0.3, -0.25) is 0 Å². The van der Waals surface area contributed by atoms with Crippen molar-refractivity contribution in [3.63, 3.8) is 0 Å². The van der Waals surface area contributed by atoms with Crippen molar-refractivity contribution in [1.82, 2.24) is 4.42 Å². The number of hydrogen-bond donors (Lipinski definition) is 2. The Morgan fingerprint density at radius 1 is 1.70 bits per heavy atom. The first kappa shape index (κ1) is 7.78. The zero-order chi connectivity index (χ0) is 7.78. The van der Waals surface area contributed by atoms with Gasteiger partial charge in [0.25, 0.3) is 0 Å². The number of halogens is 1. The molecule has 0 radical (unpaired) electrons. The Labute approximate surface area is 63.1 Å². The summed E-state index contributed by atoms with van der Waals surface area (Å²) >= 11 is 5.42. The lowest BCUT2D eigenvalue weighted by atomic mass is 10.2. The fourth-order valence-corrected chi connectivity index (χ4v) is 1.26. The monoisotopic (exact) mass is 165 g/mol. The minimum atomic E-state index is -1.83. The molecule has 2 N–H and O–H groups in total. The first-order chi connectivity index (χ1) is 4.57. The Bertz CT molecular complexity index is 163. The first-order valence-electron chi connectivity index (χ1n) is 2.96. The van der Waals surface area contributed by atoms with Crippen LogP contribution in [0.3, 0.4) is 0 Å². The molecular weight excluding hydrogens is 158 g/mol. The van der Waals surface area contributed by atoms with Crippen molar-refractivity contribution in [3.8, 4) is 0 Å². The summed E-state index contributed by atoms with van der Waals surface area (Å²) in [5.74, 6) is -1.28. The van der Waals surface area contributed by atoms with Gasteiger partial charge in [0.05, 0.1) is 0 Å². The zero-order valence-electron chi connectivity index (χ0n) is 5.25. The second kappa shape index (κ2) is 2.38. The normalized spacial score (nSPS) is 34.6. The molecule has 0 aliphatic carbocycles. The van der Waals surface area contributed by atoms with Crippen LogP contribution >= 0.6 is 11.8 Å². The standard InChI is InChI=1S/C5H8ClNO3/c6-7-3-1-2-5(7,10)4(8)9/h10H,1-3H2,(H,8,9). The van der Waals surface area contributed by atoms with E-state index in [2.05, 4.69) is 0 Å². The predicted octanol–water partition coefficient (Wildman–Crippen LogP) is 0.00920. The molecule has 0 aromatic carbocycles. The molecule has 1 atom stereocenters. The van der Waals surface area contributed by atoms with E-state index in [1.807, 2.05) is 0 Å². The fourth-order valence-electron chi connectivity index (χ4n) is 0.981. The van der Waals surface area contributed by atoms with Gasteiger partial charge in [-0.25, -0.2) is 4.79 Å². The van der Waals surface area contributed by atoms with Gasteiger partial charge in [-0.15, -0.1) is 0 Å². The molecule has 1 unspecified atom stereocenters.